The number of methoxy groups -OCH3 is 2. The van der Waals surface area contributed by atoms with E-state index in [0.717, 1.165) is 0 Å². The van der Waals surface area contributed by atoms with E-state index in [4.69, 9.17) is 25.8 Å². The first-order valence-electron chi connectivity index (χ1n) is 5.78. The van der Waals surface area contributed by atoms with Crippen LogP contribution in [0, 0.1) is 0 Å². The van der Waals surface area contributed by atoms with Gasteiger partial charge in [-0.25, -0.2) is 0 Å². The Morgan fingerprint density at radius 2 is 2.05 bits per heavy atom. The monoisotopic (exact) mass is 288 g/mol. The van der Waals surface area contributed by atoms with Crippen LogP contribution in [0.1, 0.15) is 25.0 Å². The summed E-state index contributed by atoms with van der Waals surface area (Å²) in [7, 11) is 2.92. The van der Waals surface area contributed by atoms with Crippen molar-refractivity contribution in [3.63, 3.8) is 0 Å². The zero-order chi connectivity index (χ0) is 14.4. The smallest absolute Gasteiger partial charge is 0.308 e. The molecule has 1 atom stereocenters. The molecule has 0 radical (unpaired) electrons. The summed E-state index contributed by atoms with van der Waals surface area (Å²) in [5, 5.41) is 10.5. The highest BCUT2D eigenvalue weighted by Gasteiger charge is 2.21. The second-order valence-electron chi connectivity index (χ2n) is 3.76. The molecule has 1 aromatic rings. The SMILES string of the molecule is CCOC(=O)CC(O)c1cc(Cl)cc(OC)c1OC. The van der Waals surface area contributed by atoms with Crippen LogP contribution in [-0.2, 0) is 9.53 Å². The van der Waals surface area contributed by atoms with Gasteiger partial charge in [0.25, 0.3) is 0 Å². The molecule has 1 rings (SSSR count). The highest BCUT2D eigenvalue weighted by atomic mass is 35.5. The van der Waals surface area contributed by atoms with Crippen LogP contribution in [0.3, 0.4) is 0 Å². The quantitative estimate of drug-likeness (QED) is 0.814. The highest BCUT2D eigenvalue weighted by Crippen LogP contribution is 2.38. The summed E-state index contributed by atoms with van der Waals surface area (Å²) in [6, 6.07) is 3.10. The topological polar surface area (TPSA) is 65.0 Å². The van der Waals surface area contributed by atoms with E-state index in [-0.39, 0.29) is 13.0 Å². The van der Waals surface area contributed by atoms with Crippen molar-refractivity contribution in [1.29, 1.82) is 0 Å². The van der Waals surface area contributed by atoms with E-state index in [1.165, 1.54) is 20.3 Å². The number of carbonyl (C=O) groups excluding carboxylic acids is 1. The Morgan fingerprint density at radius 3 is 2.58 bits per heavy atom. The molecule has 0 aliphatic rings. The van der Waals surface area contributed by atoms with Crippen LogP contribution < -0.4 is 9.47 Å². The number of aliphatic hydroxyl groups excluding tert-OH is 1. The van der Waals surface area contributed by atoms with Crippen molar-refractivity contribution in [2.45, 2.75) is 19.4 Å². The Labute approximate surface area is 117 Å². The number of ether oxygens (including phenoxy) is 3. The molecule has 0 aromatic heterocycles. The molecule has 0 aliphatic heterocycles. The second kappa shape index (κ2) is 7.21. The summed E-state index contributed by atoms with van der Waals surface area (Å²) < 4.78 is 15.1. The minimum absolute atomic E-state index is 0.173. The molecule has 1 aromatic carbocycles. The van der Waals surface area contributed by atoms with E-state index in [0.29, 0.717) is 22.1 Å². The van der Waals surface area contributed by atoms with Crippen molar-refractivity contribution in [2.24, 2.45) is 0 Å². The van der Waals surface area contributed by atoms with E-state index in [2.05, 4.69) is 0 Å². The molecule has 0 aliphatic carbocycles. The predicted octanol–water partition coefficient (Wildman–Crippen LogP) is 2.34. The molecule has 0 saturated carbocycles. The number of hydrogen-bond acceptors (Lipinski definition) is 5. The minimum atomic E-state index is -1.07. The van der Waals surface area contributed by atoms with Gasteiger partial charge in [0, 0.05) is 16.7 Å². The Balaban J connectivity index is 3.04. The summed E-state index contributed by atoms with van der Waals surface area (Å²) in [4.78, 5) is 11.4. The Bertz CT molecular complexity index is 447. The molecule has 1 unspecified atom stereocenters. The zero-order valence-corrected chi connectivity index (χ0v) is 11.9. The van der Waals surface area contributed by atoms with Gasteiger partial charge in [-0.2, -0.15) is 0 Å². The van der Waals surface area contributed by atoms with Gasteiger partial charge in [0.15, 0.2) is 11.5 Å². The number of hydrogen-bond donors (Lipinski definition) is 1. The Kier molecular flexibility index (Phi) is 5.92. The Hall–Kier alpha value is -1.46. The molecule has 5 nitrogen and oxygen atoms in total. The molecule has 1 N–H and O–H groups in total. The van der Waals surface area contributed by atoms with Crippen molar-refractivity contribution in [3.05, 3.63) is 22.7 Å². The molecule has 0 amide bonds. The number of esters is 1. The van der Waals surface area contributed by atoms with Gasteiger partial charge >= 0.3 is 5.97 Å². The maximum absolute atomic E-state index is 11.4. The van der Waals surface area contributed by atoms with Crippen LogP contribution in [0.4, 0.5) is 0 Å². The molecule has 6 heteroatoms. The minimum Gasteiger partial charge on any atom is -0.493 e. The van der Waals surface area contributed by atoms with Crippen molar-refractivity contribution < 1.29 is 24.1 Å². The van der Waals surface area contributed by atoms with Gasteiger partial charge in [-0.3, -0.25) is 4.79 Å². The molecule has 0 bridgehead atoms. The summed E-state index contributed by atoms with van der Waals surface area (Å²) in [6.45, 7) is 1.97. The fourth-order valence-corrected chi connectivity index (χ4v) is 1.91. The maximum atomic E-state index is 11.4. The highest BCUT2D eigenvalue weighted by molar-refractivity contribution is 6.30. The van der Waals surface area contributed by atoms with Crippen LogP contribution in [0.2, 0.25) is 5.02 Å². The molecule has 0 saturated heterocycles. The molecule has 0 spiro atoms. The van der Waals surface area contributed by atoms with Gasteiger partial charge in [-0.1, -0.05) is 11.6 Å². The number of rotatable bonds is 6. The summed E-state index contributed by atoms with van der Waals surface area (Å²) in [6.07, 6.45) is -1.24. The average Bonchev–Trinajstić information content (AvgIpc) is 2.37. The molecule has 106 valence electrons. The van der Waals surface area contributed by atoms with E-state index in [9.17, 15) is 9.90 Å². The summed E-state index contributed by atoms with van der Waals surface area (Å²) in [5.41, 5.74) is 0.389. The first kappa shape index (κ1) is 15.6. The molecular weight excluding hydrogens is 272 g/mol. The zero-order valence-electron chi connectivity index (χ0n) is 11.1. The number of benzene rings is 1. The van der Waals surface area contributed by atoms with E-state index in [1.54, 1.807) is 13.0 Å². The van der Waals surface area contributed by atoms with Gasteiger partial charge in [-0.15, -0.1) is 0 Å². The van der Waals surface area contributed by atoms with Gasteiger partial charge < -0.3 is 19.3 Å². The molecule has 19 heavy (non-hydrogen) atoms. The molecule has 0 fully saturated rings. The normalized spacial score (nSPS) is 11.8. The van der Waals surface area contributed by atoms with Crippen molar-refractivity contribution in [1.82, 2.24) is 0 Å². The first-order chi connectivity index (χ1) is 9.03. The maximum Gasteiger partial charge on any atom is 0.308 e. The first-order valence-corrected chi connectivity index (χ1v) is 6.16. The lowest BCUT2D eigenvalue weighted by Gasteiger charge is -2.17. The molecular formula is C13H17ClO5. The predicted molar refractivity (Wildman–Crippen MR) is 70.8 cm³/mol. The van der Waals surface area contributed by atoms with Gasteiger partial charge in [0.2, 0.25) is 0 Å². The largest absolute Gasteiger partial charge is 0.493 e. The van der Waals surface area contributed by atoms with Crippen molar-refractivity contribution >= 4 is 17.6 Å². The lowest BCUT2D eigenvalue weighted by atomic mass is 10.0. The second-order valence-corrected chi connectivity index (χ2v) is 4.19. The summed E-state index contributed by atoms with van der Waals surface area (Å²) in [5.74, 6) is 0.257. The van der Waals surface area contributed by atoms with Gasteiger partial charge in [0.05, 0.1) is 33.4 Å². The van der Waals surface area contributed by atoms with Crippen molar-refractivity contribution in [3.8, 4) is 11.5 Å². The number of aliphatic hydroxyl groups is 1. The van der Waals surface area contributed by atoms with E-state index < -0.39 is 12.1 Å². The van der Waals surface area contributed by atoms with Crippen LogP contribution in [0.5, 0.6) is 11.5 Å². The van der Waals surface area contributed by atoms with Crippen LogP contribution in [-0.4, -0.2) is 31.9 Å². The standard InChI is InChI=1S/C13H17ClO5/c1-4-19-12(16)7-10(15)9-5-8(14)6-11(17-2)13(9)18-3/h5-6,10,15H,4,7H2,1-3H3. The van der Waals surface area contributed by atoms with Crippen LogP contribution in [0.25, 0.3) is 0 Å². The number of carbonyl (C=O) groups is 1. The third kappa shape index (κ3) is 4.01. The number of halogens is 1. The fraction of sp³-hybridized carbons (Fsp3) is 0.462. The summed E-state index contributed by atoms with van der Waals surface area (Å²) >= 11 is 5.94. The van der Waals surface area contributed by atoms with E-state index in [1.807, 2.05) is 0 Å². The van der Waals surface area contributed by atoms with Gasteiger partial charge in [-0.05, 0) is 13.0 Å². The lowest BCUT2D eigenvalue weighted by Crippen LogP contribution is -2.11. The average molecular weight is 289 g/mol. The van der Waals surface area contributed by atoms with Gasteiger partial charge in [0.1, 0.15) is 0 Å². The Morgan fingerprint density at radius 1 is 1.37 bits per heavy atom. The van der Waals surface area contributed by atoms with Crippen LogP contribution >= 0.6 is 11.6 Å². The van der Waals surface area contributed by atoms with Crippen molar-refractivity contribution in [2.75, 3.05) is 20.8 Å². The van der Waals surface area contributed by atoms with Crippen LogP contribution in [0.15, 0.2) is 12.1 Å². The molecule has 0 heterocycles. The lowest BCUT2D eigenvalue weighted by molar-refractivity contribution is -0.145. The fourth-order valence-electron chi connectivity index (χ4n) is 1.69. The third-order valence-electron chi connectivity index (χ3n) is 2.50. The third-order valence-corrected chi connectivity index (χ3v) is 2.71. The van der Waals surface area contributed by atoms with E-state index >= 15 is 0 Å².